The van der Waals surface area contributed by atoms with Crippen LogP contribution < -0.4 is 11.1 Å². The quantitative estimate of drug-likeness (QED) is 0.800. The first-order valence-electron chi connectivity index (χ1n) is 5.72. The minimum absolute atomic E-state index is 0.449. The van der Waals surface area contributed by atoms with Crippen LogP contribution in [0.5, 0.6) is 0 Å². The van der Waals surface area contributed by atoms with Crippen LogP contribution in [-0.2, 0) is 0 Å². The number of nitriles is 2. The Bertz CT molecular complexity index is 705. The molecule has 0 radical (unpaired) electrons. The monoisotopic (exact) mass is 248 g/mol. The molecule has 0 fully saturated rings. The summed E-state index contributed by atoms with van der Waals surface area (Å²) < 4.78 is 0. The van der Waals surface area contributed by atoms with Crippen molar-refractivity contribution in [2.75, 3.05) is 11.1 Å². The molecule has 4 heteroatoms. The van der Waals surface area contributed by atoms with Gasteiger partial charge in [-0.3, -0.25) is 0 Å². The van der Waals surface area contributed by atoms with E-state index in [4.69, 9.17) is 11.0 Å². The summed E-state index contributed by atoms with van der Waals surface area (Å²) in [5.74, 6) is 0. The summed E-state index contributed by atoms with van der Waals surface area (Å²) in [6, 6.07) is 14.8. The maximum absolute atomic E-state index is 9.17. The van der Waals surface area contributed by atoms with E-state index in [-0.39, 0.29) is 0 Å². The fourth-order valence-electron chi connectivity index (χ4n) is 1.83. The lowest BCUT2D eigenvalue weighted by atomic mass is 10.1. The predicted octanol–water partition coefficient (Wildman–Crippen LogP) is 3.06. The highest BCUT2D eigenvalue weighted by Crippen LogP contribution is 2.26. The summed E-state index contributed by atoms with van der Waals surface area (Å²) in [6.07, 6.45) is 0. The molecule has 0 unspecified atom stereocenters. The summed E-state index contributed by atoms with van der Waals surface area (Å²) in [5, 5.41) is 21.4. The van der Waals surface area contributed by atoms with Crippen LogP contribution in [-0.4, -0.2) is 0 Å². The van der Waals surface area contributed by atoms with E-state index in [2.05, 4.69) is 17.5 Å². The molecule has 3 N–H and O–H groups in total. The van der Waals surface area contributed by atoms with Crippen LogP contribution in [0, 0.1) is 29.6 Å². The van der Waals surface area contributed by atoms with Gasteiger partial charge in [0.15, 0.2) is 0 Å². The Kier molecular flexibility index (Phi) is 3.36. The van der Waals surface area contributed by atoms with Crippen LogP contribution in [0.25, 0.3) is 0 Å². The highest BCUT2D eigenvalue weighted by molar-refractivity contribution is 5.73. The number of nitrogens with zero attached hydrogens (tertiary/aromatic N) is 2. The molecule has 0 heterocycles. The zero-order valence-electron chi connectivity index (χ0n) is 10.4. The van der Waals surface area contributed by atoms with Crippen molar-refractivity contribution < 1.29 is 0 Å². The second-order valence-corrected chi connectivity index (χ2v) is 4.15. The molecule has 2 rings (SSSR count). The van der Waals surface area contributed by atoms with Crippen LogP contribution in [0.15, 0.2) is 36.4 Å². The van der Waals surface area contributed by atoms with Gasteiger partial charge in [-0.05, 0) is 36.8 Å². The molecule has 0 saturated heterocycles. The summed E-state index contributed by atoms with van der Waals surface area (Å²) in [7, 11) is 0. The lowest BCUT2D eigenvalue weighted by Gasteiger charge is -2.11. The van der Waals surface area contributed by atoms with E-state index >= 15 is 0 Å². The number of nitrogens with one attached hydrogen (secondary N) is 1. The number of rotatable bonds is 2. The summed E-state index contributed by atoms with van der Waals surface area (Å²) in [5.41, 5.74) is 9.41. The van der Waals surface area contributed by atoms with E-state index < -0.39 is 0 Å². The van der Waals surface area contributed by atoms with Crippen LogP contribution >= 0.6 is 0 Å². The van der Waals surface area contributed by atoms with Gasteiger partial charge < -0.3 is 11.1 Å². The summed E-state index contributed by atoms with van der Waals surface area (Å²) in [4.78, 5) is 0. The van der Waals surface area contributed by atoms with Gasteiger partial charge in [-0.25, -0.2) is 0 Å². The van der Waals surface area contributed by atoms with Crippen molar-refractivity contribution in [3.05, 3.63) is 53.1 Å². The van der Waals surface area contributed by atoms with E-state index in [1.165, 1.54) is 0 Å². The fourth-order valence-corrected chi connectivity index (χ4v) is 1.83. The zero-order valence-corrected chi connectivity index (χ0v) is 10.4. The molecule has 0 aliphatic heterocycles. The second kappa shape index (κ2) is 5.12. The molecule has 19 heavy (non-hydrogen) atoms. The first-order valence-corrected chi connectivity index (χ1v) is 5.72. The van der Waals surface area contributed by atoms with Gasteiger partial charge in [0.05, 0.1) is 22.5 Å². The van der Waals surface area contributed by atoms with Gasteiger partial charge in [-0.15, -0.1) is 0 Å². The molecule has 0 bridgehead atoms. The molecule has 0 spiro atoms. The number of anilines is 3. The van der Waals surface area contributed by atoms with Crippen molar-refractivity contribution in [3.8, 4) is 12.1 Å². The van der Waals surface area contributed by atoms with Crippen LogP contribution in [0.2, 0.25) is 0 Å². The Hall–Kier alpha value is -2.98. The van der Waals surface area contributed by atoms with E-state index in [1.54, 1.807) is 18.2 Å². The van der Waals surface area contributed by atoms with E-state index in [9.17, 15) is 5.26 Å². The number of hydrogen-bond donors (Lipinski definition) is 2. The molecular weight excluding hydrogens is 236 g/mol. The van der Waals surface area contributed by atoms with E-state index in [0.717, 1.165) is 5.56 Å². The van der Waals surface area contributed by atoms with Gasteiger partial charge >= 0.3 is 0 Å². The van der Waals surface area contributed by atoms with Gasteiger partial charge in [-0.1, -0.05) is 12.1 Å². The van der Waals surface area contributed by atoms with Crippen molar-refractivity contribution in [2.24, 2.45) is 0 Å². The van der Waals surface area contributed by atoms with Crippen molar-refractivity contribution in [1.82, 2.24) is 0 Å². The number of nitrogens with two attached hydrogens (primary N) is 1. The molecule has 2 aromatic carbocycles. The molecule has 0 aliphatic rings. The van der Waals surface area contributed by atoms with Crippen molar-refractivity contribution in [2.45, 2.75) is 6.92 Å². The topological polar surface area (TPSA) is 85.6 Å². The largest absolute Gasteiger partial charge is 0.399 e. The van der Waals surface area contributed by atoms with E-state index in [1.807, 2.05) is 25.1 Å². The third kappa shape index (κ3) is 2.48. The average Bonchev–Trinajstić information content (AvgIpc) is 2.41. The van der Waals surface area contributed by atoms with Crippen LogP contribution in [0.1, 0.15) is 16.7 Å². The highest BCUT2D eigenvalue weighted by atomic mass is 14.9. The van der Waals surface area contributed by atoms with Crippen molar-refractivity contribution in [3.63, 3.8) is 0 Å². The predicted molar refractivity (Wildman–Crippen MR) is 74.7 cm³/mol. The molecule has 4 nitrogen and oxygen atoms in total. The van der Waals surface area contributed by atoms with Gasteiger partial charge in [0.25, 0.3) is 0 Å². The Morgan fingerprint density at radius 2 is 1.84 bits per heavy atom. The lowest BCUT2D eigenvalue weighted by Crippen LogP contribution is -1.98. The minimum atomic E-state index is 0.449. The molecular formula is C15H12N4. The second-order valence-electron chi connectivity index (χ2n) is 4.15. The Labute approximate surface area is 111 Å². The Balaban J connectivity index is 2.46. The first-order chi connectivity index (χ1) is 9.15. The number of benzene rings is 2. The van der Waals surface area contributed by atoms with Crippen LogP contribution in [0.3, 0.4) is 0 Å². The third-order valence-electron chi connectivity index (χ3n) is 2.82. The van der Waals surface area contributed by atoms with Gasteiger partial charge in [0, 0.05) is 5.69 Å². The van der Waals surface area contributed by atoms with Crippen molar-refractivity contribution >= 4 is 17.1 Å². The molecule has 0 saturated carbocycles. The summed E-state index contributed by atoms with van der Waals surface area (Å²) in [6.45, 7) is 1.87. The molecule has 0 amide bonds. The average molecular weight is 248 g/mol. The molecule has 92 valence electrons. The SMILES string of the molecule is Cc1cccc(Nc2ccc(N)cc2C#N)c1C#N. The molecule has 2 aromatic rings. The molecule has 0 aromatic heterocycles. The van der Waals surface area contributed by atoms with Gasteiger partial charge in [0.1, 0.15) is 12.1 Å². The first kappa shape index (κ1) is 12.5. The van der Waals surface area contributed by atoms with Gasteiger partial charge in [0.2, 0.25) is 0 Å². The fraction of sp³-hybridized carbons (Fsp3) is 0.0667. The highest BCUT2D eigenvalue weighted by Gasteiger charge is 2.08. The number of hydrogen-bond acceptors (Lipinski definition) is 4. The normalized spacial score (nSPS) is 9.42. The molecule has 0 aliphatic carbocycles. The third-order valence-corrected chi connectivity index (χ3v) is 2.82. The minimum Gasteiger partial charge on any atom is -0.399 e. The Morgan fingerprint density at radius 3 is 2.53 bits per heavy atom. The standard InChI is InChI=1S/C15H12N4/c1-10-3-2-4-15(13(10)9-17)19-14-6-5-12(18)7-11(14)8-16/h2-7,19H,18H2,1H3. The lowest BCUT2D eigenvalue weighted by molar-refractivity contribution is 1.37. The summed E-state index contributed by atoms with van der Waals surface area (Å²) >= 11 is 0. The van der Waals surface area contributed by atoms with Crippen LogP contribution in [0.4, 0.5) is 17.1 Å². The van der Waals surface area contributed by atoms with Gasteiger partial charge in [-0.2, -0.15) is 10.5 Å². The van der Waals surface area contributed by atoms with E-state index in [0.29, 0.717) is 28.2 Å². The number of nitrogen functional groups attached to an aromatic ring is 1. The zero-order chi connectivity index (χ0) is 13.8. The Morgan fingerprint density at radius 1 is 1.05 bits per heavy atom. The maximum Gasteiger partial charge on any atom is 0.102 e. The maximum atomic E-state index is 9.17. The smallest absolute Gasteiger partial charge is 0.102 e. The number of aryl methyl sites for hydroxylation is 1. The molecule has 0 atom stereocenters. The van der Waals surface area contributed by atoms with Crippen molar-refractivity contribution in [1.29, 1.82) is 10.5 Å².